The standard InChI is InChI=1S/C27H21ClNOPS/c28-22-18-16-21(17-19-22)26(32)27(29-20-30)31(23-10-4-1-5-11-23,24-12-6-2-7-13-24)25-14-8-3-9-15-25/h1-20H,(H-,29,30,32)/p+1. The smallest absolute Gasteiger partial charge is 0.214 e. The Morgan fingerprint density at radius 3 is 1.47 bits per heavy atom. The van der Waals surface area contributed by atoms with Crippen molar-refractivity contribution < 1.29 is 4.79 Å². The van der Waals surface area contributed by atoms with Crippen LogP contribution in [-0.2, 0) is 4.79 Å². The summed E-state index contributed by atoms with van der Waals surface area (Å²) in [5, 5.41) is 7.10. The fraction of sp³-hybridized carbons (Fsp3) is 0. The molecule has 2 nitrogen and oxygen atoms in total. The van der Waals surface area contributed by atoms with Crippen molar-refractivity contribution in [3.63, 3.8) is 0 Å². The number of carbonyl (C=O) groups excluding carboxylic acids is 1. The molecule has 0 aliphatic rings. The highest BCUT2D eigenvalue weighted by molar-refractivity contribution is 8.00. The molecular weight excluding hydrogens is 453 g/mol. The lowest BCUT2D eigenvalue weighted by Crippen LogP contribution is -2.36. The Morgan fingerprint density at radius 1 is 0.688 bits per heavy atom. The van der Waals surface area contributed by atoms with Crippen molar-refractivity contribution in [3.05, 3.63) is 131 Å². The van der Waals surface area contributed by atoms with Crippen LogP contribution >= 0.6 is 31.5 Å². The topological polar surface area (TPSA) is 29.1 Å². The molecule has 4 rings (SSSR count). The predicted molar refractivity (Wildman–Crippen MR) is 142 cm³/mol. The molecule has 4 aromatic carbocycles. The summed E-state index contributed by atoms with van der Waals surface area (Å²) in [6, 6.07) is 38.5. The molecule has 1 N–H and O–H groups in total. The molecular formula is C27H22ClNOPS+. The summed E-state index contributed by atoms with van der Waals surface area (Å²) in [4.78, 5) is 12.7. The van der Waals surface area contributed by atoms with Gasteiger partial charge in [0.05, 0.1) is 4.91 Å². The lowest BCUT2D eigenvalue weighted by molar-refractivity contribution is -0.108. The third-order valence-corrected chi connectivity index (χ3v) is 10.5. The molecule has 1 amide bonds. The van der Waals surface area contributed by atoms with Crippen LogP contribution in [0.1, 0.15) is 5.56 Å². The SMILES string of the molecule is O=CNC(=C(S)c1ccc(Cl)cc1)[P+](c1ccccc1)(c1ccccc1)c1ccccc1. The van der Waals surface area contributed by atoms with E-state index in [0.717, 1.165) is 33.3 Å². The molecule has 0 aromatic heterocycles. The first-order chi connectivity index (χ1) is 15.7. The summed E-state index contributed by atoms with van der Waals surface area (Å²) in [7, 11) is -2.49. The summed E-state index contributed by atoms with van der Waals surface area (Å²) >= 11 is 11.1. The summed E-state index contributed by atoms with van der Waals surface area (Å²) in [5.41, 5.74) is 1.66. The summed E-state index contributed by atoms with van der Waals surface area (Å²) in [6.07, 6.45) is 0.741. The van der Waals surface area contributed by atoms with E-state index in [1.165, 1.54) is 0 Å². The quantitative estimate of drug-likeness (QED) is 0.203. The van der Waals surface area contributed by atoms with Gasteiger partial charge in [0.2, 0.25) is 6.41 Å². The molecule has 0 unspecified atom stereocenters. The molecule has 0 saturated heterocycles. The number of carbonyl (C=O) groups is 1. The van der Waals surface area contributed by atoms with Gasteiger partial charge in [-0.3, -0.25) is 10.1 Å². The Morgan fingerprint density at radius 2 is 1.09 bits per heavy atom. The van der Waals surface area contributed by atoms with Crippen molar-refractivity contribution >= 4 is 58.7 Å². The highest BCUT2D eigenvalue weighted by atomic mass is 35.5. The Labute approximate surface area is 199 Å². The monoisotopic (exact) mass is 474 g/mol. The van der Waals surface area contributed by atoms with Crippen LogP contribution in [0, 0.1) is 0 Å². The third-order valence-electron chi connectivity index (χ3n) is 5.30. The average Bonchev–Trinajstić information content (AvgIpc) is 2.86. The zero-order valence-electron chi connectivity index (χ0n) is 17.2. The van der Waals surface area contributed by atoms with E-state index in [1.54, 1.807) is 0 Å². The van der Waals surface area contributed by atoms with E-state index < -0.39 is 7.26 Å². The maximum absolute atomic E-state index is 12.0. The summed E-state index contributed by atoms with van der Waals surface area (Å²) in [6.45, 7) is 0. The van der Waals surface area contributed by atoms with Crippen LogP contribution in [-0.4, -0.2) is 6.41 Å². The zero-order chi connectivity index (χ0) is 22.4. The van der Waals surface area contributed by atoms with Gasteiger partial charge < -0.3 is 0 Å². The number of benzene rings is 4. The second kappa shape index (κ2) is 10.2. The van der Waals surface area contributed by atoms with Crippen LogP contribution in [0.15, 0.2) is 121 Å². The van der Waals surface area contributed by atoms with Crippen molar-refractivity contribution in [2.75, 3.05) is 0 Å². The van der Waals surface area contributed by atoms with Crippen LogP contribution in [0.4, 0.5) is 0 Å². The largest absolute Gasteiger partial charge is 0.298 e. The van der Waals surface area contributed by atoms with Gasteiger partial charge in [0.15, 0.2) is 12.7 Å². The Bertz CT molecular complexity index is 1120. The lowest BCUT2D eigenvalue weighted by atomic mass is 10.2. The fourth-order valence-electron chi connectivity index (χ4n) is 3.91. The van der Waals surface area contributed by atoms with E-state index in [0.29, 0.717) is 9.93 Å². The van der Waals surface area contributed by atoms with Gasteiger partial charge in [-0.25, -0.2) is 0 Å². The molecule has 0 bridgehead atoms. The number of thiol groups is 1. The van der Waals surface area contributed by atoms with Gasteiger partial charge >= 0.3 is 0 Å². The Kier molecular flexibility index (Phi) is 7.12. The highest BCUT2D eigenvalue weighted by Gasteiger charge is 2.51. The molecule has 0 spiro atoms. The predicted octanol–water partition coefficient (Wildman–Crippen LogP) is 5.64. The van der Waals surface area contributed by atoms with Gasteiger partial charge in [0, 0.05) is 5.02 Å². The molecule has 32 heavy (non-hydrogen) atoms. The van der Waals surface area contributed by atoms with E-state index in [1.807, 2.05) is 78.9 Å². The fourth-order valence-corrected chi connectivity index (χ4v) is 8.92. The average molecular weight is 475 g/mol. The molecule has 0 saturated carbocycles. The second-order valence-electron chi connectivity index (χ2n) is 7.14. The first-order valence-corrected chi connectivity index (χ1v) is 12.7. The molecule has 0 heterocycles. The maximum Gasteiger partial charge on any atom is 0.214 e. The van der Waals surface area contributed by atoms with Crippen molar-refractivity contribution in [3.8, 4) is 0 Å². The number of amides is 1. The zero-order valence-corrected chi connectivity index (χ0v) is 19.8. The third kappa shape index (κ3) is 4.25. The van der Waals surface area contributed by atoms with E-state index in [4.69, 9.17) is 24.2 Å². The minimum atomic E-state index is -2.49. The normalized spacial score (nSPS) is 12.1. The number of nitrogens with one attached hydrogen (secondary N) is 1. The Hall–Kier alpha value is -2.84. The van der Waals surface area contributed by atoms with Crippen LogP contribution in [0.2, 0.25) is 5.02 Å². The molecule has 5 heteroatoms. The second-order valence-corrected chi connectivity index (χ2v) is 11.4. The van der Waals surface area contributed by atoms with Gasteiger partial charge in [-0.1, -0.05) is 78.3 Å². The van der Waals surface area contributed by atoms with Crippen LogP contribution < -0.4 is 21.2 Å². The molecule has 0 fully saturated rings. The number of hydrogen-bond acceptors (Lipinski definition) is 2. The van der Waals surface area contributed by atoms with Gasteiger partial charge in [-0.05, 0) is 54.1 Å². The summed E-state index contributed by atoms with van der Waals surface area (Å²) < 4.78 is 0. The molecule has 0 aliphatic carbocycles. The number of hydrogen-bond donors (Lipinski definition) is 2. The van der Waals surface area contributed by atoms with E-state index in [-0.39, 0.29) is 0 Å². The van der Waals surface area contributed by atoms with Gasteiger partial charge in [-0.2, -0.15) is 0 Å². The van der Waals surface area contributed by atoms with Crippen molar-refractivity contribution in [1.82, 2.24) is 5.32 Å². The lowest BCUT2D eigenvalue weighted by Gasteiger charge is -2.29. The van der Waals surface area contributed by atoms with Crippen molar-refractivity contribution in [2.45, 2.75) is 0 Å². The van der Waals surface area contributed by atoms with Crippen LogP contribution in [0.25, 0.3) is 4.91 Å². The number of rotatable bonds is 7. The van der Waals surface area contributed by atoms with Gasteiger partial charge in [0.1, 0.15) is 15.9 Å². The molecule has 4 aromatic rings. The van der Waals surface area contributed by atoms with Gasteiger partial charge in [-0.15, -0.1) is 12.6 Å². The van der Waals surface area contributed by atoms with Crippen LogP contribution in [0.3, 0.4) is 0 Å². The molecule has 0 aliphatic heterocycles. The minimum absolute atomic E-state index is 0.648. The van der Waals surface area contributed by atoms with Crippen LogP contribution in [0.5, 0.6) is 0 Å². The summed E-state index contributed by atoms with van der Waals surface area (Å²) in [5.74, 6) is 0. The minimum Gasteiger partial charge on any atom is -0.298 e. The van der Waals surface area contributed by atoms with Crippen molar-refractivity contribution in [1.29, 1.82) is 0 Å². The molecule has 0 atom stereocenters. The number of halogens is 1. The Balaban J connectivity index is 2.15. The van der Waals surface area contributed by atoms with E-state index in [2.05, 4.69) is 41.7 Å². The maximum atomic E-state index is 12.0. The van der Waals surface area contributed by atoms with Crippen molar-refractivity contribution in [2.24, 2.45) is 0 Å². The highest BCUT2D eigenvalue weighted by Crippen LogP contribution is 2.63. The molecule has 158 valence electrons. The first-order valence-electron chi connectivity index (χ1n) is 10.1. The van der Waals surface area contributed by atoms with E-state index in [9.17, 15) is 4.79 Å². The van der Waals surface area contributed by atoms with Gasteiger partial charge in [0.25, 0.3) is 0 Å². The van der Waals surface area contributed by atoms with E-state index >= 15 is 0 Å². The first kappa shape index (κ1) is 22.4. The molecule has 0 radical (unpaired) electrons.